The van der Waals surface area contributed by atoms with Gasteiger partial charge in [-0.1, -0.05) is 18.2 Å². The van der Waals surface area contributed by atoms with Gasteiger partial charge in [-0.15, -0.1) is 0 Å². The van der Waals surface area contributed by atoms with Crippen molar-refractivity contribution >= 4 is 11.4 Å². The lowest BCUT2D eigenvalue weighted by atomic mass is 10.1. The third-order valence-corrected chi connectivity index (χ3v) is 5.60. The average molecular weight is 442 g/mol. The summed E-state index contributed by atoms with van der Waals surface area (Å²) in [5.41, 5.74) is 1.22. The molecule has 1 aromatic heterocycles. The molecule has 0 amide bonds. The topological polar surface area (TPSA) is 34.6 Å². The Hall–Kier alpha value is -3.22. The summed E-state index contributed by atoms with van der Waals surface area (Å²) in [6.07, 6.45) is 3.09. The fraction of sp³-hybridized carbons (Fsp3) is 0.320. The monoisotopic (exact) mass is 442 g/mol. The van der Waals surface area contributed by atoms with Gasteiger partial charge in [0.1, 0.15) is 0 Å². The van der Waals surface area contributed by atoms with E-state index < -0.39 is 11.7 Å². The molecule has 0 unspecified atom stereocenters. The largest absolute Gasteiger partial charge is 0.493 e. The predicted octanol–water partition coefficient (Wildman–Crippen LogP) is 6.77. The van der Waals surface area contributed by atoms with Crippen LogP contribution in [0.2, 0.25) is 0 Å². The molecule has 0 radical (unpaired) electrons. The van der Waals surface area contributed by atoms with Gasteiger partial charge in [0.2, 0.25) is 0 Å². The highest BCUT2D eigenvalue weighted by Gasteiger charge is 2.31. The van der Waals surface area contributed by atoms with Crippen LogP contribution in [-0.2, 0) is 12.7 Å². The van der Waals surface area contributed by atoms with E-state index in [1.165, 1.54) is 6.07 Å². The number of aromatic nitrogens is 1. The first-order valence-electron chi connectivity index (χ1n) is 10.6. The average Bonchev–Trinajstić information content (AvgIpc) is 3.31. The molecule has 168 valence electrons. The number of hydrogen-bond donors (Lipinski definition) is 0. The second-order valence-corrected chi connectivity index (χ2v) is 7.83. The molecular formula is C25H25F3N2O2. The Morgan fingerprint density at radius 2 is 1.81 bits per heavy atom. The highest BCUT2D eigenvalue weighted by Crippen LogP contribution is 2.44. The first-order valence-corrected chi connectivity index (χ1v) is 10.6. The van der Waals surface area contributed by atoms with E-state index in [0.29, 0.717) is 29.4 Å². The minimum atomic E-state index is -4.44. The smallest absolute Gasteiger partial charge is 0.416 e. The minimum Gasteiger partial charge on any atom is -0.493 e. The Bertz CT molecular complexity index is 1030. The van der Waals surface area contributed by atoms with Crippen molar-refractivity contribution in [3.05, 3.63) is 78.1 Å². The number of pyridine rings is 1. The summed E-state index contributed by atoms with van der Waals surface area (Å²) in [6.45, 7) is 0.323. The number of ether oxygens (including phenoxy) is 2. The number of hydrogen-bond acceptors (Lipinski definition) is 4. The molecule has 2 aromatic carbocycles. The first-order chi connectivity index (χ1) is 15.5. The lowest BCUT2D eigenvalue weighted by Crippen LogP contribution is -2.20. The highest BCUT2D eigenvalue weighted by atomic mass is 19.4. The Balaban J connectivity index is 1.81. The minimum absolute atomic E-state index is 0.0619. The van der Waals surface area contributed by atoms with Crippen molar-refractivity contribution in [2.45, 2.75) is 44.5 Å². The van der Waals surface area contributed by atoms with E-state index in [9.17, 15) is 13.2 Å². The maximum Gasteiger partial charge on any atom is 0.416 e. The van der Waals surface area contributed by atoms with Gasteiger partial charge in [-0.3, -0.25) is 4.98 Å². The van der Waals surface area contributed by atoms with Crippen LogP contribution in [0.5, 0.6) is 11.5 Å². The van der Waals surface area contributed by atoms with Gasteiger partial charge in [-0.05, 0) is 67.6 Å². The fourth-order valence-electron chi connectivity index (χ4n) is 4.01. The van der Waals surface area contributed by atoms with Gasteiger partial charge in [0.05, 0.1) is 24.5 Å². The molecular weight excluding hydrogens is 417 g/mol. The molecule has 3 aromatic rings. The van der Waals surface area contributed by atoms with Crippen LogP contribution >= 0.6 is 0 Å². The maximum absolute atomic E-state index is 13.5. The highest BCUT2D eigenvalue weighted by molar-refractivity contribution is 5.73. The van der Waals surface area contributed by atoms with Crippen LogP contribution in [0.15, 0.2) is 67.0 Å². The second kappa shape index (κ2) is 9.51. The summed E-state index contributed by atoms with van der Waals surface area (Å²) in [5.74, 6) is 1.10. The Morgan fingerprint density at radius 3 is 2.50 bits per heavy atom. The Labute approximate surface area is 185 Å². The van der Waals surface area contributed by atoms with Gasteiger partial charge in [0.15, 0.2) is 11.5 Å². The summed E-state index contributed by atoms with van der Waals surface area (Å²) in [6, 6.07) is 14.5. The molecule has 1 fully saturated rings. The van der Waals surface area contributed by atoms with Gasteiger partial charge in [0.25, 0.3) is 0 Å². The molecule has 1 aliphatic carbocycles. The standard InChI is InChI=1S/C25H25F3N2O2/c1-31-23-13-5-12-22(24(23)32-21-10-2-3-11-21)30(17-18-7-6-14-29-16-18)20-9-4-8-19(15-20)25(26,27)28/h4-9,12-16,21H,2-3,10-11,17H2,1H3. The predicted molar refractivity (Wildman–Crippen MR) is 117 cm³/mol. The van der Waals surface area contributed by atoms with Crippen LogP contribution < -0.4 is 14.4 Å². The van der Waals surface area contributed by atoms with Crippen LogP contribution in [0.25, 0.3) is 0 Å². The molecule has 0 N–H and O–H groups in total. The number of anilines is 2. The van der Waals surface area contributed by atoms with Crippen LogP contribution in [0.3, 0.4) is 0 Å². The van der Waals surface area contributed by atoms with Crippen molar-refractivity contribution in [3.8, 4) is 11.5 Å². The molecule has 1 saturated carbocycles. The molecule has 1 aliphatic rings. The summed E-state index contributed by atoms with van der Waals surface area (Å²) in [4.78, 5) is 5.98. The Kier molecular flexibility index (Phi) is 6.53. The normalized spacial score (nSPS) is 14.4. The number of rotatable bonds is 7. The maximum atomic E-state index is 13.5. The molecule has 0 bridgehead atoms. The van der Waals surface area contributed by atoms with Crippen LogP contribution in [0.1, 0.15) is 36.8 Å². The van der Waals surface area contributed by atoms with Crippen molar-refractivity contribution in [2.75, 3.05) is 12.0 Å². The van der Waals surface area contributed by atoms with Crippen molar-refractivity contribution in [1.29, 1.82) is 0 Å². The zero-order valence-electron chi connectivity index (χ0n) is 17.8. The van der Waals surface area contributed by atoms with Crippen molar-refractivity contribution in [3.63, 3.8) is 0 Å². The zero-order chi connectivity index (χ0) is 22.6. The van der Waals surface area contributed by atoms with E-state index in [1.54, 1.807) is 31.6 Å². The molecule has 0 aliphatic heterocycles. The molecule has 4 rings (SSSR count). The molecule has 1 heterocycles. The molecule has 7 heteroatoms. The molecule has 0 atom stereocenters. The van der Waals surface area contributed by atoms with E-state index in [-0.39, 0.29) is 6.10 Å². The van der Waals surface area contributed by atoms with Crippen LogP contribution in [0.4, 0.5) is 24.5 Å². The SMILES string of the molecule is COc1cccc(N(Cc2cccnc2)c2cccc(C(F)(F)F)c2)c1OC1CCCC1. The number of nitrogens with zero attached hydrogens (tertiary/aromatic N) is 2. The third-order valence-electron chi connectivity index (χ3n) is 5.60. The molecule has 0 spiro atoms. The van der Waals surface area contributed by atoms with E-state index >= 15 is 0 Å². The van der Waals surface area contributed by atoms with Gasteiger partial charge in [-0.2, -0.15) is 13.2 Å². The summed E-state index contributed by atoms with van der Waals surface area (Å²) >= 11 is 0. The van der Waals surface area contributed by atoms with Gasteiger partial charge >= 0.3 is 6.18 Å². The van der Waals surface area contributed by atoms with Crippen molar-refractivity contribution in [1.82, 2.24) is 4.98 Å². The molecule has 32 heavy (non-hydrogen) atoms. The van der Waals surface area contributed by atoms with Gasteiger partial charge < -0.3 is 14.4 Å². The number of para-hydroxylation sites is 1. The van der Waals surface area contributed by atoms with Gasteiger partial charge in [-0.25, -0.2) is 0 Å². The number of benzene rings is 2. The van der Waals surface area contributed by atoms with E-state index in [0.717, 1.165) is 43.4 Å². The van der Waals surface area contributed by atoms with Crippen molar-refractivity contribution < 1.29 is 22.6 Å². The van der Waals surface area contributed by atoms with E-state index in [1.807, 2.05) is 29.2 Å². The van der Waals surface area contributed by atoms with E-state index in [4.69, 9.17) is 9.47 Å². The second-order valence-electron chi connectivity index (χ2n) is 7.83. The number of alkyl halides is 3. The van der Waals surface area contributed by atoms with E-state index in [2.05, 4.69) is 4.98 Å². The lowest BCUT2D eigenvalue weighted by Gasteiger charge is -2.29. The van der Waals surface area contributed by atoms with Crippen LogP contribution in [0, 0.1) is 0 Å². The van der Waals surface area contributed by atoms with Crippen LogP contribution in [-0.4, -0.2) is 18.2 Å². The van der Waals surface area contributed by atoms with Gasteiger partial charge in [0, 0.05) is 24.6 Å². The summed E-state index contributed by atoms with van der Waals surface area (Å²) in [5, 5.41) is 0. The summed E-state index contributed by atoms with van der Waals surface area (Å²) in [7, 11) is 1.57. The quantitative estimate of drug-likeness (QED) is 0.404. The number of methoxy groups -OCH3 is 1. The molecule has 0 saturated heterocycles. The third kappa shape index (κ3) is 4.98. The Morgan fingerprint density at radius 1 is 1.03 bits per heavy atom. The molecule has 4 nitrogen and oxygen atoms in total. The number of halogens is 3. The first kappa shape index (κ1) is 22.0. The fourth-order valence-corrected chi connectivity index (χ4v) is 4.01. The summed E-state index contributed by atoms with van der Waals surface area (Å²) < 4.78 is 52.3. The van der Waals surface area contributed by atoms with Crippen molar-refractivity contribution in [2.24, 2.45) is 0 Å². The lowest BCUT2D eigenvalue weighted by molar-refractivity contribution is -0.137. The zero-order valence-corrected chi connectivity index (χ0v) is 17.8.